The van der Waals surface area contributed by atoms with Gasteiger partial charge in [-0.15, -0.1) is 0 Å². The van der Waals surface area contributed by atoms with Gasteiger partial charge in [0.25, 0.3) is 0 Å². The number of hydrogen-bond acceptors (Lipinski definition) is 2. The van der Waals surface area contributed by atoms with Crippen LogP contribution in [0.2, 0.25) is 0 Å². The highest BCUT2D eigenvalue weighted by molar-refractivity contribution is 5.73. The van der Waals surface area contributed by atoms with Gasteiger partial charge in [-0.3, -0.25) is 4.79 Å². The van der Waals surface area contributed by atoms with E-state index in [1.54, 1.807) is 0 Å². The van der Waals surface area contributed by atoms with E-state index in [1.165, 1.54) is 19.3 Å². The van der Waals surface area contributed by atoms with Gasteiger partial charge in [0.05, 0.1) is 0 Å². The van der Waals surface area contributed by atoms with Crippen molar-refractivity contribution in [2.45, 2.75) is 64.0 Å². The largest absolute Gasteiger partial charge is 0.480 e. The summed E-state index contributed by atoms with van der Waals surface area (Å²) in [5.41, 5.74) is 0. The first-order valence-corrected chi connectivity index (χ1v) is 5.73. The highest BCUT2D eigenvalue weighted by Crippen LogP contribution is 2.18. The molecule has 0 unspecified atom stereocenters. The van der Waals surface area contributed by atoms with Crippen LogP contribution in [0.4, 0.5) is 0 Å². The van der Waals surface area contributed by atoms with Crippen LogP contribution in [0.1, 0.15) is 51.9 Å². The molecule has 3 nitrogen and oxygen atoms in total. The summed E-state index contributed by atoms with van der Waals surface area (Å²) in [7, 11) is 0. The predicted molar refractivity (Wildman–Crippen MR) is 56.3 cm³/mol. The molecule has 0 aromatic rings. The van der Waals surface area contributed by atoms with Crippen molar-refractivity contribution in [1.82, 2.24) is 5.32 Å². The van der Waals surface area contributed by atoms with Gasteiger partial charge in [0.2, 0.25) is 0 Å². The van der Waals surface area contributed by atoms with E-state index in [4.69, 9.17) is 5.11 Å². The third-order valence-electron chi connectivity index (χ3n) is 2.92. The third kappa shape index (κ3) is 3.66. The van der Waals surface area contributed by atoms with Gasteiger partial charge >= 0.3 is 5.97 Å². The topological polar surface area (TPSA) is 49.3 Å². The lowest BCUT2D eigenvalue weighted by atomic mass is 9.94. The number of aliphatic carboxylic acids is 1. The lowest BCUT2D eigenvalue weighted by molar-refractivity contribution is -0.140. The number of nitrogens with one attached hydrogen (secondary N) is 1. The maximum Gasteiger partial charge on any atom is 0.320 e. The van der Waals surface area contributed by atoms with E-state index in [1.807, 2.05) is 6.92 Å². The molecule has 1 rings (SSSR count). The van der Waals surface area contributed by atoms with E-state index in [9.17, 15) is 4.79 Å². The van der Waals surface area contributed by atoms with Crippen molar-refractivity contribution in [2.75, 3.05) is 0 Å². The number of carboxylic acid groups (broad SMARTS) is 1. The van der Waals surface area contributed by atoms with Crippen molar-refractivity contribution in [3.8, 4) is 0 Å². The molecule has 0 radical (unpaired) electrons. The normalized spacial score (nSPS) is 20.6. The van der Waals surface area contributed by atoms with E-state index >= 15 is 0 Å². The summed E-state index contributed by atoms with van der Waals surface area (Å²) in [6, 6.07) is 0.111. The zero-order valence-electron chi connectivity index (χ0n) is 8.96. The molecule has 0 aliphatic heterocycles. The Morgan fingerprint density at radius 3 is 2.57 bits per heavy atom. The molecule has 3 heteroatoms. The summed E-state index contributed by atoms with van der Waals surface area (Å²) < 4.78 is 0. The van der Waals surface area contributed by atoms with Gasteiger partial charge in [-0.1, -0.05) is 32.6 Å². The number of hydrogen-bond donors (Lipinski definition) is 2. The Bertz CT molecular complexity index is 176. The Labute approximate surface area is 85.9 Å². The summed E-state index contributed by atoms with van der Waals surface area (Å²) in [6.45, 7) is 2.03. The molecule has 0 bridgehead atoms. The molecule has 1 aliphatic carbocycles. The second-order valence-corrected chi connectivity index (χ2v) is 4.18. The first-order valence-electron chi connectivity index (χ1n) is 5.73. The zero-order valence-corrected chi connectivity index (χ0v) is 8.96. The summed E-state index contributed by atoms with van der Waals surface area (Å²) in [6.07, 6.45) is 7.76. The number of rotatable bonds is 5. The summed E-state index contributed by atoms with van der Waals surface area (Å²) in [4.78, 5) is 10.9. The van der Waals surface area contributed by atoms with Gasteiger partial charge in [-0.2, -0.15) is 0 Å². The molecule has 82 valence electrons. The van der Waals surface area contributed by atoms with Crippen LogP contribution >= 0.6 is 0 Å². The highest BCUT2D eigenvalue weighted by Gasteiger charge is 2.21. The Hall–Kier alpha value is -0.570. The fourth-order valence-corrected chi connectivity index (χ4v) is 2.12. The van der Waals surface area contributed by atoms with Crippen LogP contribution in [0, 0.1) is 0 Å². The monoisotopic (exact) mass is 199 g/mol. The molecule has 1 fully saturated rings. The Balaban J connectivity index is 2.33. The molecular weight excluding hydrogens is 178 g/mol. The van der Waals surface area contributed by atoms with Crippen molar-refractivity contribution < 1.29 is 9.90 Å². The van der Waals surface area contributed by atoms with Crippen LogP contribution in [-0.2, 0) is 4.79 Å². The van der Waals surface area contributed by atoms with Gasteiger partial charge in [-0.25, -0.2) is 0 Å². The molecule has 0 amide bonds. The molecule has 0 saturated heterocycles. The van der Waals surface area contributed by atoms with Crippen LogP contribution in [0.15, 0.2) is 0 Å². The van der Waals surface area contributed by atoms with Gasteiger partial charge in [0.1, 0.15) is 6.04 Å². The SMILES string of the molecule is CCC[C@H](NC1CCCCC1)C(=O)O. The molecular formula is C11H21NO2. The second kappa shape index (κ2) is 6.02. The fraction of sp³-hybridized carbons (Fsp3) is 0.909. The van der Waals surface area contributed by atoms with Crippen LogP contribution in [0.5, 0.6) is 0 Å². The molecule has 2 N–H and O–H groups in total. The maximum absolute atomic E-state index is 10.9. The van der Waals surface area contributed by atoms with Crippen LogP contribution < -0.4 is 5.32 Å². The van der Waals surface area contributed by atoms with E-state index in [0.29, 0.717) is 6.04 Å². The minimum Gasteiger partial charge on any atom is -0.480 e. The van der Waals surface area contributed by atoms with Gasteiger partial charge in [-0.05, 0) is 19.3 Å². The van der Waals surface area contributed by atoms with Crippen molar-refractivity contribution in [1.29, 1.82) is 0 Å². The van der Waals surface area contributed by atoms with Gasteiger partial charge in [0, 0.05) is 6.04 Å². The summed E-state index contributed by atoms with van der Waals surface area (Å²) in [5, 5.41) is 12.2. The fourth-order valence-electron chi connectivity index (χ4n) is 2.12. The van der Waals surface area contributed by atoms with Crippen molar-refractivity contribution in [2.24, 2.45) is 0 Å². The number of carboxylic acids is 1. The Morgan fingerprint density at radius 2 is 2.07 bits per heavy atom. The standard InChI is InChI=1S/C11H21NO2/c1-2-6-10(11(13)14)12-9-7-4-3-5-8-9/h9-10,12H,2-8H2,1H3,(H,13,14)/t10-/m0/s1. The zero-order chi connectivity index (χ0) is 10.4. The van der Waals surface area contributed by atoms with Gasteiger partial charge < -0.3 is 10.4 Å². The van der Waals surface area contributed by atoms with Gasteiger partial charge in [0.15, 0.2) is 0 Å². The molecule has 0 heterocycles. The first kappa shape index (κ1) is 11.5. The molecule has 0 aromatic carbocycles. The highest BCUT2D eigenvalue weighted by atomic mass is 16.4. The Kier molecular flexibility index (Phi) is 4.94. The summed E-state index contributed by atoms with van der Waals surface area (Å²) in [5.74, 6) is -0.697. The van der Waals surface area contributed by atoms with E-state index in [2.05, 4.69) is 5.32 Å². The average Bonchev–Trinajstić information content (AvgIpc) is 2.18. The van der Waals surface area contributed by atoms with Crippen LogP contribution in [-0.4, -0.2) is 23.2 Å². The lowest BCUT2D eigenvalue weighted by Crippen LogP contribution is -2.44. The van der Waals surface area contributed by atoms with Crippen molar-refractivity contribution in [3.63, 3.8) is 0 Å². The second-order valence-electron chi connectivity index (χ2n) is 4.18. The van der Waals surface area contributed by atoms with Crippen molar-refractivity contribution >= 4 is 5.97 Å². The number of carbonyl (C=O) groups is 1. The third-order valence-corrected chi connectivity index (χ3v) is 2.92. The van der Waals surface area contributed by atoms with E-state index in [-0.39, 0.29) is 6.04 Å². The van der Waals surface area contributed by atoms with Crippen molar-refractivity contribution in [3.05, 3.63) is 0 Å². The summed E-state index contributed by atoms with van der Waals surface area (Å²) >= 11 is 0. The molecule has 1 aliphatic rings. The maximum atomic E-state index is 10.9. The lowest BCUT2D eigenvalue weighted by Gasteiger charge is -2.26. The molecule has 0 spiro atoms. The van der Waals surface area contributed by atoms with E-state index < -0.39 is 5.97 Å². The molecule has 1 saturated carbocycles. The van der Waals surface area contributed by atoms with E-state index in [0.717, 1.165) is 25.7 Å². The Morgan fingerprint density at radius 1 is 1.43 bits per heavy atom. The smallest absolute Gasteiger partial charge is 0.320 e. The minimum atomic E-state index is -0.697. The predicted octanol–water partition coefficient (Wildman–Crippen LogP) is 2.16. The quantitative estimate of drug-likeness (QED) is 0.713. The molecule has 14 heavy (non-hydrogen) atoms. The molecule has 1 atom stereocenters. The minimum absolute atomic E-state index is 0.330. The first-order chi connectivity index (χ1) is 6.74. The van der Waals surface area contributed by atoms with Crippen LogP contribution in [0.3, 0.4) is 0 Å². The average molecular weight is 199 g/mol. The van der Waals surface area contributed by atoms with Crippen LogP contribution in [0.25, 0.3) is 0 Å². The molecule has 0 aromatic heterocycles.